The van der Waals surface area contributed by atoms with Crippen molar-refractivity contribution in [3.05, 3.63) is 17.1 Å². The van der Waals surface area contributed by atoms with Gasteiger partial charge in [-0.15, -0.1) is 0 Å². The van der Waals surface area contributed by atoms with Gasteiger partial charge in [0.1, 0.15) is 11.4 Å². The number of hydrogen-bond acceptors (Lipinski definition) is 4. The van der Waals surface area contributed by atoms with E-state index < -0.39 is 0 Å². The Morgan fingerprint density at radius 1 is 1.10 bits per heavy atom. The summed E-state index contributed by atoms with van der Waals surface area (Å²) >= 11 is 0. The van der Waals surface area contributed by atoms with Gasteiger partial charge in [0.15, 0.2) is 5.82 Å². The number of nitrogens with two attached hydrogens (primary N) is 1. The van der Waals surface area contributed by atoms with E-state index in [2.05, 4.69) is 25.8 Å². The third-order valence-electron chi connectivity index (χ3n) is 4.86. The van der Waals surface area contributed by atoms with E-state index in [4.69, 9.17) is 15.5 Å². The Morgan fingerprint density at radius 3 is 2.24 bits per heavy atom. The van der Waals surface area contributed by atoms with Crippen molar-refractivity contribution >= 4 is 5.82 Å². The molecule has 1 aliphatic rings. The van der Waals surface area contributed by atoms with E-state index in [1.165, 1.54) is 0 Å². The van der Waals surface area contributed by atoms with Gasteiger partial charge in [-0.3, -0.25) is 0 Å². The molecule has 0 aliphatic heterocycles. The van der Waals surface area contributed by atoms with E-state index in [1.54, 1.807) is 0 Å². The number of nitrogen functional groups attached to an aromatic ring is 1. The largest absolute Gasteiger partial charge is 0.383 e. The highest BCUT2D eigenvalue weighted by Gasteiger charge is 2.43. The second-order valence-corrected chi connectivity index (χ2v) is 6.95. The second-order valence-electron chi connectivity index (χ2n) is 6.95. The number of ether oxygens (including phenoxy) is 1. The van der Waals surface area contributed by atoms with E-state index in [-0.39, 0.29) is 5.60 Å². The SMILES string of the molecule is CCOC1(c2nc(N)c(C)c(CC)n2)CCC(C)(C)CC1. The van der Waals surface area contributed by atoms with E-state index >= 15 is 0 Å². The van der Waals surface area contributed by atoms with Crippen LogP contribution in [0.2, 0.25) is 0 Å². The first-order valence-electron chi connectivity index (χ1n) is 8.11. The average Bonchev–Trinajstić information content (AvgIpc) is 2.44. The maximum atomic E-state index is 6.16. The number of rotatable bonds is 4. The summed E-state index contributed by atoms with van der Waals surface area (Å²) in [5.74, 6) is 1.39. The summed E-state index contributed by atoms with van der Waals surface area (Å²) in [7, 11) is 0. The lowest BCUT2D eigenvalue weighted by Gasteiger charge is -2.42. The van der Waals surface area contributed by atoms with Crippen molar-refractivity contribution in [1.29, 1.82) is 0 Å². The highest BCUT2D eigenvalue weighted by molar-refractivity contribution is 5.41. The molecule has 2 rings (SSSR count). The van der Waals surface area contributed by atoms with E-state index in [1.807, 2.05) is 13.8 Å². The molecule has 0 bridgehead atoms. The number of aromatic nitrogens is 2. The molecule has 1 aliphatic carbocycles. The lowest BCUT2D eigenvalue weighted by molar-refractivity contribution is -0.0948. The number of nitrogens with zero attached hydrogens (tertiary/aromatic N) is 2. The van der Waals surface area contributed by atoms with Crippen molar-refractivity contribution in [2.45, 2.75) is 72.3 Å². The zero-order valence-electron chi connectivity index (χ0n) is 14.1. The van der Waals surface area contributed by atoms with Gasteiger partial charge in [-0.2, -0.15) is 0 Å². The molecule has 1 aromatic heterocycles. The normalized spacial score (nSPS) is 20.4. The Labute approximate surface area is 128 Å². The van der Waals surface area contributed by atoms with Crippen LogP contribution in [0.3, 0.4) is 0 Å². The molecule has 0 aromatic carbocycles. The van der Waals surface area contributed by atoms with Gasteiger partial charge < -0.3 is 10.5 Å². The van der Waals surface area contributed by atoms with Gasteiger partial charge in [-0.05, 0) is 51.4 Å². The van der Waals surface area contributed by atoms with Gasteiger partial charge in [0.2, 0.25) is 0 Å². The van der Waals surface area contributed by atoms with Gasteiger partial charge in [-0.1, -0.05) is 20.8 Å². The lowest BCUT2D eigenvalue weighted by atomic mass is 9.70. The van der Waals surface area contributed by atoms with Crippen LogP contribution in [-0.4, -0.2) is 16.6 Å². The molecule has 1 fully saturated rings. The Kier molecular flexibility index (Phi) is 4.57. The molecule has 0 unspecified atom stereocenters. The third kappa shape index (κ3) is 3.20. The Morgan fingerprint density at radius 2 is 1.71 bits per heavy atom. The van der Waals surface area contributed by atoms with Crippen molar-refractivity contribution in [1.82, 2.24) is 9.97 Å². The van der Waals surface area contributed by atoms with Gasteiger partial charge in [-0.25, -0.2) is 9.97 Å². The standard InChI is InChI=1S/C17H29N3O/c1-6-13-12(3)14(18)20-15(19-13)17(21-7-2)10-8-16(4,5)9-11-17/h6-11H2,1-5H3,(H2,18,19,20). The molecule has 1 heterocycles. The monoisotopic (exact) mass is 291 g/mol. The maximum absolute atomic E-state index is 6.16. The summed E-state index contributed by atoms with van der Waals surface area (Å²) in [6.07, 6.45) is 5.08. The van der Waals surface area contributed by atoms with Crippen LogP contribution in [0.1, 0.15) is 70.5 Å². The molecule has 0 amide bonds. The Balaban J connectivity index is 2.41. The molecular weight excluding hydrogens is 262 g/mol. The zero-order valence-corrected chi connectivity index (χ0v) is 14.1. The van der Waals surface area contributed by atoms with Crippen molar-refractivity contribution in [2.75, 3.05) is 12.3 Å². The predicted molar refractivity (Wildman–Crippen MR) is 86.1 cm³/mol. The first kappa shape index (κ1) is 16.2. The molecule has 0 atom stereocenters. The molecule has 4 heteroatoms. The summed E-state index contributed by atoms with van der Waals surface area (Å²) in [5, 5.41) is 0. The van der Waals surface area contributed by atoms with Crippen LogP contribution in [0.5, 0.6) is 0 Å². The van der Waals surface area contributed by atoms with Crippen molar-refractivity contribution in [3.8, 4) is 0 Å². The fraction of sp³-hybridized carbons (Fsp3) is 0.765. The average molecular weight is 291 g/mol. The van der Waals surface area contributed by atoms with E-state index in [0.29, 0.717) is 17.8 Å². The third-order valence-corrected chi connectivity index (χ3v) is 4.86. The Bertz CT molecular complexity index is 501. The molecule has 0 saturated heterocycles. The van der Waals surface area contributed by atoms with Crippen molar-refractivity contribution in [2.24, 2.45) is 5.41 Å². The molecule has 0 radical (unpaired) electrons. The maximum Gasteiger partial charge on any atom is 0.162 e. The lowest BCUT2D eigenvalue weighted by Crippen LogP contribution is -2.39. The molecule has 1 saturated carbocycles. The minimum absolute atomic E-state index is 0.351. The highest BCUT2D eigenvalue weighted by atomic mass is 16.5. The van der Waals surface area contributed by atoms with Crippen LogP contribution < -0.4 is 5.73 Å². The van der Waals surface area contributed by atoms with Crippen LogP contribution in [0.4, 0.5) is 5.82 Å². The van der Waals surface area contributed by atoms with Crippen LogP contribution in [0, 0.1) is 12.3 Å². The van der Waals surface area contributed by atoms with Crippen LogP contribution in [-0.2, 0) is 16.8 Å². The van der Waals surface area contributed by atoms with Crippen LogP contribution in [0.25, 0.3) is 0 Å². The molecule has 2 N–H and O–H groups in total. The first-order valence-corrected chi connectivity index (χ1v) is 8.11. The van der Waals surface area contributed by atoms with Crippen LogP contribution in [0.15, 0.2) is 0 Å². The number of aryl methyl sites for hydroxylation is 1. The zero-order chi connectivity index (χ0) is 15.7. The first-order chi connectivity index (χ1) is 9.83. The number of anilines is 1. The summed E-state index contributed by atoms with van der Waals surface area (Å²) < 4.78 is 6.16. The molecule has 4 nitrogen and oxygen atoms in total. The number of hydrogen-bond donors (Lipinski definition) is 1. The van der Waals surface area contributed by atoms with Crippen LogP contribution >= 0.6 is 0 Å². The summed E-state index contributed by atoms with van der Waals surface area (Å²) in [4.78, 5) is 9.38. The summed E-state index contributed by atoms with van der Waals surface area (Å²) in [6.45, 7) is 11.5. The second kappa shape index (κ2) is 5.91. The minimum Gasteiger partial charge on any atom is -0.383 e. The summed E-state index contributed by atoms with van der Waals surface area (Å²) in [5.41, 5.74) is 8.18. The predicted octanol–water partition coefficient (Wildman–Crippen LogP) is 3.76. The quantitative estimate of drug-likeness (QED) is 0.917. The molecule has 0 spiro atoms. The molecule has 1 aromatic rings. The smallest absolute Gasteiger partial charge is 0.162 e. The summed E-state index contributed by atoms with van der Waals surface area (Å²) in [6, 6.07) is 0. The van der Waals surface area contributed by atoms with E-state index in [9.17, 15) is 0 Å². The molecule has 21 heavy (non-hydrogen) atoms. The van der Waals surface area contributed by atoms with Gasteiger partial charge in [0.25, 0.3) is 0 Å². The topological polar surface area (TPSA) is 61.0 Å². The van der Waals surface area contributed by atoms with E-state index in [0.717, 1.165) is 49.2 Å². The van der Waals surface area contributed by atoms with Crippen molar-refractivity contribution < 1.29 is 4.74 Å². The highest BCUT2D eigenvalue weighted by Crippen LogP contribution is 2.46. The Hall–Kier alpha value is -1.16. The van der Waals surface area contributed by atoms with Gasteiger partial charge in [0, 0.05) is 17.9 Å². The molecular formula is C17H29N3O. The fourth-order valence-electron chi connectivity index (χ4n) is 3.17. The fourth-order valence-corrected chi connectivity index (χ4v) is 3.17. The minimum atomic E-state index is -0.351. The van der Waals surface area contributed by atoms with Gasteiger partial charge in [0.05, 0.1) is 0 Å². The molecule has 118 valence electrons. The van der Waals surface area contributed by atoms with Gasteiger partial charge >= 0.3 is 0 Å². The van der Waals surface area contributed by atoms with Crippen molar-refractivity contribution in [3.63, 3.8) is 0 Å².